The normalized spacial score (nSPS) is 20.9. The summed E-state index contributed by atoms with van der Waals surface area (Å²) in [6.07, 6.45) is -5.55. The third kappa shape index (κ3) is 12.9. The third-order valence-corrected chi connectivity index (χ3v) is 7.20. The van der Waals surface area contributed by atoms with Gasteiger partial charge in [0.15, 0.2) is 6.61 Å². The number of nitrogens with one attached hydrogen (secondary N) is 2. The molecule has 3 rings (SSSR count). The van der Waals surface area contributed by atoms with Gasteiger partial charge in [-0.05, 0) is 64.0 Å². The molecule has 2 aliphatic rings. The molecule has 1 aliphatic carbocycles. The van der Waals surface area contributed by atoms with Crippen molar-refractivity contribution in [1.82, 2.24) is 10.6 Å². The monoisotopic (exact) mass is 714 g/mol. The number of alkyl halides is 3. The minimum absolute atomic E-state index is 0.0165. The predicted octanol–water partition coefficient (Wildman–Crippen LogP) is 1.87. The van der Waals surface area contributed by atoms with Crippen molar-refractivity contribution in [3.05, 3.63) is 53.1 Å². The molecule has 0 unspecified atom stereocenters. The summed E-state index contributed by atoms with van der Waals surface area (Å²) in [5, 5.41) is 25.1. The van der Waals surface area contributed by atoms with E-state index in [1.165, 1.54) is 37.3 Å². The fourth-order valence-electron chi connectivity index (χ4n) is 4.89. The largest absolute Gasteiger partial charge is 0.460 e. The summed E-state index contributed by atoms with van der Waals surface area (Å²) in [4.78, 5) is 63.2. The molecule has 1 aromatic rings. The van der Waals surface area contributed by atoms with Crippen molar-refractivity contribution >= 4 is 35.8 Å². The smallest absolute Gasteiger partial charge is 0.422 e. The Bertz CT molecular complexity index is 1450. The summed E-state index contributed by atoms with van der Waals surface area (Å²) in [6, 6.07) is 3.31. The van der Waals surface area contributed by atoms with Crippen LogP contribution in [0.1, 0.15) is 62.9 Å². The Morgan fingerprint density at radius 2 is 1.82 bits per heavy atom. The molecule has 1 aliphatic heterocycles. The van der Waals surface area contributed by atoms with E-state index in [0.717, 1.165) is 12.2 Å². The van der Waals surface area contributed by atoms with Crippen LogP contribution in [0, 0.1) is 0 Å². The number of carbonyl (C=O) groups excluding carboxylic acids is 5. The summed E-state index contributed by atoms with van der Waals surface area (Å²) in [7, 11) is 0. The number of fused-ring (bicyclic) bond motifs is 1. The van der Waals surface area contributed by atoms with Gasteiger partial charge in [-0.1, -0.05) is 12.1 Å². The standard InChI is InChI=1S/C33H41F3N2O12/c1-18(40)27(30(44)37-22(15-39)9-11-26(42)50-32(2,3)4)38-29(43)21-13-23-28(48-17-47-23)24(14-21)49-31(45)20-7-5-6-19(12-20)8-10-25(41)46-16-33(34,35)36/h5-8,10,12-13,18,22-24,27-28,39-40H,9,11,14-17H2,1-4H3,(H,37,44)(H,38,43)/t18-,22-,23+,24+,27+,28+/m0/s1. The molecule has 1 heterocycles. The summed E-state index contributed by atoms with van der Waals surface area (Å²) < 4.78 is 62.9. The number of ether oxygens (including phenoxy) is 5. The zero-order valence-electron chi connectivity index (χ0n) is 27.9. The summed E-state index contributed by atoms with van der Waals surface area (Å²) >= 11 is 0. The van der Waals surface area contributed by atoms with Gasteiger partial charge >= 0.3 is 24.1 Å². The number of carbonyl (C=O) groups is 5. The van der Waals surface area contributed by atoms with Crippen molar-refractivity contribution < 1.29 is 71.0 Å². The van der Waals surface area contributed by atoms with Crippen molar-refractivity contribution in [1.29, 1.82) is 0 Å². The molecule has 0 saturated carbocycles. The number of halogens is 3. The van der Waals surface area contributed by atoms with E-state index in [-0.39, 0.29) is 42.8 Å². The lowest BCUT2D eigenvalue weighted by molar-refractivity contribution is -0.182. The zero-order valence-corrected chi connectivity index (χ0v) is 27.9. The Labute approximate surface area is 285 Å². The highest BCUT2D eigenvalue weighted by Crippen LogP contribution is 2.31. The number of rotatable bonds is 14. The third-order valence-electron chi connectivity index (χ3n) is 7.20. The molecule has 14 nitrogen and oxygen atoms in total. The molecule has 6 atom stereocenters. The molecule has 0 bridgehead atoms. The topological polar surface area (TPSA) is 196 Å². The molecule has 1 aromatic carbocycles. The Morgan fingerprint density at radius 3 is 2.46 bits per heavy atom. The Kier molecular flexibility index (Phi) is 14.1. The number of benzene rings is 1. The van der Waals surface area contributed by atoms with Gasteiger partial charge in [0, 0.05) is 24.5 Å². The van der Waals surface area contributed by atoms with Crippen molar-refractivity contribution in [2.24, 2.45) is 0 Å². The van der Waals surface area contributed by atoms with E-state index in [1.54, 1.807) is 20.8 Å². The summed E-state index contributed by atoms with van der Waals surface area (Å²) in [5.74, 6) is -4.21. The van der Waals surface area contributed by atoms with Crippen LogP contribution in [0.2, 0.25) is 0 Å². The fraction of sp³-hybridized carbons (Fsp3) is 0.545. The molecule has 2 amide bonds. The van der Waals surface area contributed by atoms with Crippen molar-refractivity contribution in [2.75, 3.05) is 20.0 Å². The first-order chi connectivity index (χ1) is 23.3. The molecule has 276 valence electrons. The predicted molar refractivity (Wildman–Crippen MR) is 167 cm³/mol. The first-order valence-corrected chi connectivity index (χ1v) is 15.6. The SMILES string of the molecule is C[C@H](O)[C@@H](NC(=O)C1=C[C@H]2OCO[C@H]2[C@H](OC(=O)c2cccc(C=CC(=O)OCC(F)(F)F)c2)C1)C(=O)N[C@H](CO)CCC(=O)OC(C)(C)C. The van der Waals surface area contributed by atoms with E-state index >= 15 is 0 Å². The van der Waals surface area contributed by atoms with Gasteiger partial charge in [-0.25, -0.2) is 9.59 Å². The molecule has 0 spiro atoms. The van der Waals surface area contributed by atoms with E-state index in [1.807, 2.05) is 0 Å². The second-order valence-corrected chi connectivity index (χ2v) is 12.6. The van der Waals surface area contributed by atoms with E-state index in [2.05, 4.69) is 15.4 Å². The molecule has 0 aromatic heterocycles. The second kappa shape index (κ2) is 17.6. The first-order valence-electron chi connectivity index (χ1n) is 15.6. The van der Waals surface area contributed by atoms with Gasteiger partial charge in [0.05, 0.1) is 24.3 Å². The van der Waals surface area contributed by atoms with Gasteiger partial charge in [0.1, 0.15) is 36.7 Å². The maximum absolute atomic E-state index is 13.4. The highest BCUT2D eigenvalue weighted by molar-refractivity contribution is 5.98. The van der Waals surface area contributed by atoms with Gasteiger partial charge in [-0.15, -0.1) is 0 Å². The molecule has 4 N–H and O–H groups in total. The minimum Gasteiger partial charge on any atom is -0.460 e. The minimum atomic E-state index is -4.68. The van der Waals surface area contributed by atoms with Gasteiger partial charge in [-0.2, -0.15) is 13.2 Å². The maximum Gasteiger partial charge on any atom is 0.422 e. The van der Waals surface area contributed by atoms with Crippen molar-refractivity contribution in [3.8, 4) is 0 Å². The Morgan fingerprint density at radius 1 is 1.10 bits per heavy atom. The van der Waals surface area contributed by atoms with Crippen LogP contribution in [0.25, 0.3) is 6.08 Å². The highest BCUT2D eigenvalue weighted by atomic mass is 19.4. The molecule has 17 heteroatoms. The van der Waals surface area contributed by atoms with Crippen LogP contribution in [0.4, 0.5) is 13.2 Å². The lowest BCUT2D eigenvalue weighted by atomic mass is 9.91. The van der Waals surface area contributed by atoms with Crippen LogP contribution in [0.5, 0.6) is 0 Å². The maximum atomic E-state index is 13.4. The fourth-order valence-corrected chi connectivity index (χ4v) is 4.89. The average Bonchev–Trinajstić information content (AvgIpc) is 3.51. The van der Waals surface area contributed by atoms with Crippen LogP contribution >= 0.6 is 0 Å². The van der Waals surface area contributed by atoms with Crippen LogP contribution in [0.15, 0.2) is 42.0 Å². The van der Waals surface area contributed by atoms with Gasteiger partial charge in [0.25, 0.3) is 0 Å². The van der Waals surface area contributed by atoms with E-state index in [9.17, 15) is 47.4 Å². The molecule has 0 radical (unpaired) electrons. The number of aliphatic hydroxyl groups excluding tert-OH is 2. The zero-order chi connectivity index (χ0) is 37.2. The number of aliphatic hydroxyl groups is 2. The second-order valence-electron chi connectivity index (χ2n) is 12.6. The van der Waals surface area contributed by atoms with Gasteiger partial charge < -0.3 is 44.5 Å². The first kappa shape index (κ1) is 40.1. The van der Waals surface area contributed by atoms with E-state index in [4.69, 9.17) is 18.9 Å². The van der Waals surface area contributed by atoms with Crippen LogP contribution in [-0.4, -0.2) is 108 Å². The van der Waals surface area contributed by atoms with Gasteiger partial charge in [-0.3, -0.25) is 14.4 Å². The van der Waals surface area contributed by atoms with Gasteiger partial charge in [0.2, 0.25) is 11.8 Å². The van der Waals surface area contributed by atoms with E-state index < -0.39 is 91.2 Å². The highest BCUT2D eigenvalue weighted by Gasteiger charge is 2.43. The summed E-state index contributed by atoms with van der Waals surface area (Å²) in [5.41, 5.74) is -0.361. The quantitative estimate of drug-likeness (QED) is 0.124. The Balaban J connectivity index is 1.64. The lowest BCUT2D eigenvalue weighted by Crippen LogP contribution is -2.55. The summed E-state index contributed by atoms with van der Waals surface area (Å²) in [6.45, 7) is 3.93. The average molecular weight is 715 g/mol. The lowest BCUT2D eigenvalue weighted by Gasteiger charge is -2.31. The number of esters is 3. The number of amides is 2. The molecular weight excluding hydrogens is 673 g/mol. The van der Waals surface area contributed by atoms with Crippen LogP contribution < -0.4 is 10.6 Å². The van der Waals surface area contributed by atoms with Crippen molar-refractivity contribution in [3.63, 3.8) is 0 Å². The number of hydrogen-bond acceptors (Lipinski definition) is 12. The molecule has 50 heavy (non-hydrogen) atoms. The van der Waals surface area contributed by atoms with E-state index in [0.29, 0.717) is 0 Å². The Hall–Kier alpha value is -4.32. The molecule has 1 fully saturated rings. The number of hydrogen-bond donors (Lipinski definition) is 4. The van der Waals surface area contributed by atoms with Crippen LogP contribution in [-0.2, 0) is 42.9 Å². The molecule has 1 saturated heterocycles. The molecular formula is C33H41F3N2O12. The van der Waals surface area contributed by atoms with Crippen molar-refractivity contribution in [2.45, 2.75) is 95.2 Å². The van der Waals surface area contributed by atoms with Crippen LogP contribution in [0.3, 0.4) is 0 Å².